The van der Waals surface area contributed by atoms with Gasteiger partial charge in [0, 0.05) is 44.1 Å². The van der Waals surface area contributed by atoms with Crippen LogP contribution >= 0.6 is 0 Å². The first kappa shape index (κ1) is 17.6. The number of hydrogen-bond donors (Lipinski definition) is 1. The van der Waals surface area contributed by atoms with E-state index in [4.69, 9.17) is 4.74 Å². The normalized spacial score (nSPS) is 16.6. The molecule has 25 heavy (non-hydrogen) atoms. The van der Waals surface area contributed by atoms with Crippen molar-refractivity contribution in [3.05, 3.63) is 59.4 Å². The molecule has 134 valence electrons. The number of amides is 1. The first-order valence-corrected chi connectivity index (χ1v) is 8.22. The van der Waals surface area contributed by atoms with Crippen molar-refractivity contribution >= 4 is 5.91 Å². The first-order valence-electron chi connectivity index (χ1n) is 8.22. The summed E-state index contributed by atoms with van der Waals surface area (Å²) < 4.78 is 33.8. The van der Waals surface area contributed by atoms with Crippen LogP contribution in [-0.2, 0) is 11.8 Å². The van der Waals surface area contributed by atoms with Gasteiger partial charge in [-0.15, -0.1) is 0 Å². The minimum Gasteiger partial charge on any atom is -0.379 e. The van der Waals surface area contributed by atoms with Crippen LogP contribution in [0.3, 0.4) is 0 Å². The summed E-state index contributed by atoms with van der Waals surface area (Å²) in [6.45, 7) is 3.22. The molecule has 1 aliphatic heterocycles. The lowest BCUT2D eigenvalue weighted by molar-refractivity contribution is 0.0148. The lowest BCUT2D eigenvalue weighted by atomic mass is 10.1. The van der Waals surface area contributed by atoms with Crippen molar-refractivity contribution in [2.24, 2.45) is 7.05 Å². The molecular formula is C18H21F2N3O2. The third kappa shape index (κ3) is 4.05. The highest BCUT2D eigenvalue weighted by Gasteiger charge is 2.25. The number of aryl methyl sites for hydroxylation is 1. The zero-order valence-electron chi connectivity index (χ0n) is 14.0. The van der Waals surface area contributed by atoms with Crippen molar-refractivity contribution in [2.75, 3.05) is 32.8 Å². The summed E-state index contributed by atoms with van der Waals surface area (Å²) in [4.78, 5) is 14.6. The number of nitrogens with zero attached hydrogens (tertiary/aromatic N) is 2. The number of morpholine rings is 1. The molecule has 0 radical (unpaired) electrons. The minimum absolute atomic E-state index is 0.0156. The maximum atomic E-state index is 13.3. The third-order valence-corrected chi connectivity index (χ3v) is 4.45. The molecule has 1 aromatic heterocycles. The van der Waals surface area contributed by atoms with Crippen molar-refractivity contribution in [1.82, 2.24) is 14.8 Å². The van der Waals surface area contributed by atoms with E-state index in [2.05, 4.69) is 10.2 Å². The van der Waals surface area contributed by atoms with E-state index in [1.165, 1.54) is 6.07 Å². The molecule has 1 unspecified atom stereocenters. The number of nitrogens with one attached hydrogen (secondary N) is 1. The fourth-order valence-electron chi connectivity index (χ4n) is 3.06. The van der Waals surface area contributed by atoms with Crippen LogP contribution in [-0.4, -0.2) is 48.2 Å². The Morgan fingerprint density at radius 3 is 2.64 bits per heavy atom. The summed E-state index contributed by atoms with van der Waals surface area (Å²) in [7, 11) is 1.96. The predicted octanol–water partition coefficient (Wildman–Crippen LogP) is 2.11. The Balaban J connectivity index is 1.72. The van der Waals surface area contributed by atoms with E-state index in [0.717, 1.165) is 30.9 Å². The Labute approximate surface area is 145 Å². The van der Waals surface area contributed by atoms with Gasteiger partial charge in [0.2, 0.25) is 0 Å². The van der Waals surface area contributed by atoms with Crippen LogP contribution in [0.4, 0.5) is 8.78 Å². The minimum atomic E-state index is -1.03. The van der Waals surface area contributed by atoms with E-state index in [1.807, 2.05) is 29.9 Å². The van der Waals surface area contributed by atoms with Crippen LogP contribution in [0.15, 0.2) is 36.5 Å². The van der Waals surface area contributed by atoms with Gasteiger partial charge in [-0.1, -0.05) is 0 Å². The van der Waals surface area contributed by atoms with Crippen molar-refractivity contribution < 1.29 is 18.3 Å². The maximum absolute atomic E-state index is 13.3. The fourth-order valence-corrected chi connectivity index (χ4v) is 3.06. The zero-order chi connectivity index (χ0) is 17.8. The van der Waals surface area contributed by atoms with Crippen LogP contribution < -0.4 is 5.32 Å². The van der Waals surface area contributed by atoms with Gasteiger partial charge in [-0.3, -0.25) is 9.69 Å². The summed E-state index contributed by atoms with van der Waals surface area (Å²) in [6.07, 6.45) is 1.96. The zero-order valence-corrected chi connectivity index (χ0v) is 14.0. The van der Waals surface area contributed by atoms with Gasteiger partial charge in [0.1, 0.15) is 0 Å². The van der Waals surface area contributed by atoms with E-state index in [9.17, 15) is 13.6 Å². The third-order valence-electron chi connectivity index (χ3n) is 4.45. The second-order valence-corrected chi connectivity index (χ2v) is 6.05. The number of aromatic nitrogens is 1. The number of carbonyl (C=O) groups excluding carboxylic acids is 1. The van der Waals surface area contributed by atoms with Gasteiger partial charge in [0.25, 0.3) is 5.91 Å². The molecule has 0 aliphatic carbocycles. The number of ether oxygens (including phenoxy) is 1. The van der Waals surface area contributed by atoms with Crippen molar-refractivity contribution in [1.29, 1.82) is 0 Å². The van der Waals surface area contributed by atoms with Gasteiger partial charge in [-0.25, -0.2) is 8.78 Å². The SMILES string of the molecule is Cn1cccc1C(CNC(=O)c1ccc(F)c(F)c1)N1CCOCC1. The summed E-state index contributed by atoms with van der Waals surface area (Å²) in [5, 5.41) is 2.83. The molecule has 2 heterocycles. The molecule has 1 atom stereocenters. The van der Waals surface area contributed by atoms with Gasteiger partial charge in [-0.2, -0.15) is 0 Å². The Bertz CT molecular complexity index is 742. The highest BCUT2D eigenvalue weighted by molar-refractivity contribution is 5.94. The Kier molecular flexibility index (Phi) is 5.45. The van der Waals surface area contributed by atoms with Gasteiger partial charge in [-0.05, 0) is 30.3 Å². The quantitative estimate of drug-likeness (QED) is 0.899. The molecule has 0 spiro atoms. The summed E-state index contributed by atoms with van der Waals surface area (Å²) in [5.41, 5.74) is 1.18. The molecule has 1 aromatic carbocycles. The van der Waals surface area contributed by atoms with E-state index in [1.54, 1.807) is 0 Å². The lowest BCUT2D eigenvalue weighted by Gasteiger charge is -2.35. The molecular weight excluding hydrogens is 328 g/mol. The standard InChI is InChI=1S/C18H21F2N3O2/c1-22-6-2-3-16(22)17(23-7-9-25-10-8-23)12-21-18(24)13-4-5-14(19)15(20)11-13/h2-6,11,17H,7-10,12H2,1H3,(H,21,24). The van der Waals surface area contributed by atoms with Crippen LogP contribution in [0, 0.1) is 11.6 Å². The highest BCUT2D eigenvalue weighted by atomic mass is 19.2. The Morgan fingerprint density at radius 1 is 1.24 bits per heavy atom. The lowest BCUT2D eigenvalue weighted by Crippen LogP contribution is -2.44. The molecule has 0 bridgehead atoms. The largest absolute Gasteiger partial charge is 0.379 e. The monoisotopic (exact) mass is 349 g/mol. The number of rotatable bonds is 5. The van der Waals surface area contributed by atoms with Gasteiger partial charge >= 0.3 is 0 Å². The predicted molar refractivity (Wildman–Crippen MR) is 89.2 cm³/mol. The molecule has 2 aromatic rings. The smallest absolute Gasteiger partial charge is 0.251 e. The second kappa shape index (κ2) is 7.76. The number of carbonyl (C=O) groups is 1. The molecule has 0 saturated carbocycles. The molecule has 7 heteroatoms. The van der Waals surface area contributed by atoms with E-state index in [-0.39, 0.29) is 11.6 Å². The van der Waals surface area contributed by atoms with Crippen molar-refractivity contribution in [2.45, 2.75) is 6.04 Å². The Morgan fingerprint density at radius 2 is 2.00 bits per heavy atom. The van der Waals surface area contributed by atoms with Crippen LogP contribution in [0.25, 0.3) is 0 Å². The number of benzene rings is 1. The van der Waals surface area contributed by atoms with Crippen LogP contribution in [0.5, 0.6) is 0 Å². The summed E-state index contributed by atoms with van der Waals surface area (Å²) >= 11 is 0. The second-order valence-electron chi connectivity index (χ2n) is 6.05. The first-order chi connectivity index (χ1) is 12.1. The molecule has 3 rings (SSSR count). The van der Waals surface area contributed by atoms with Crippen LogP contribution in [0.2, 0.25) is 0 Å². The number of hydrogen-bond acceptors (Lipinski definition) is 3. The maximum Gasteiger partial charge on any atom is 0.251 e. The molecule has 1 amide bonds. The van der Waals surface area contributed by atoms with Crippen LogP contribution in [0.1, 0.15) is 22.1 Å². The van der Waals surface area contributed by atoms with E-state index >= 15 is 0 Å². The fraction of sp³-hybridized carbons (Fsp3) is 0.389. The van der Waals surface area contributed by atoms with E-state index in [0.29, 0.717) is 19.8 Å². The molecule has 1 saturated heterocycles. The van der Waals surface area contributed by atoms with Crippen molar-refractivity contribution in [3.8, 4) is 0 Å². The molecule has 1 aliphatic rings. The van der Waals surface area contributed by atoms with Gasteiger partial charge in [0.15, 0.2) is 11.6 Å². The van der Waals surface area contributed by atoms with E-state index < -0.39 is 17.5 Å². The average Bonchev–Trinajstić information content (AvgIpc) is 3.04. The topological polar surface area (TPSA) is 46.5 Å². The highest BCUT2D eigenvalue weighted by Crippen LogP contribution is 2.21. The summed E-state index contributed by atoms with van der Waals surface area (Å²) in [6, 6.07) is 7.11. The Hall–Kier alpha value is -2.25. The average molecular weight is 349 g/mol. The van der Waals surface area contributed by atoms with Gasteiger partial charge in [0.05, 0.1) is 19.3 Å². The van der Waals surface area contributed by atoms with Crippen molar-refractivity contribution in [3.63, 3.8) is 0 Å². The molecule has 5 nitrogen and oxygen atoms in total. The number of halogens is 2. The molecule has 1 N–H and O–H groups in total. The molecule has 1 fully saturated rings. The summed E-state index contributed by atoms with van der Waals surface area (Å²) in [5.74, 6) is -2.42. The van der Waals surface area contributed by atoms with Gasteiger partial charge < -0.3 is 14.6 Å².